The number of hydrogen-bond acceptors (Lipinski definition) is 1. The van der Waals surface area contributed by atoms with E-state index in [1.54, 1.807) is 0 Å². The van der Waals surface area contributed by atoms with Gasteiger partial charge in [0.2, 0.25) is 0 Å². The molecule has 0 radical (unpaired) electrons. The highest BCUT2D eigenvalue weighted by Gasteiger charge is 2.18. The van der Waals surface area contributed by atoms with Crippen molar-refractivity contribution in [2.75, 3.05) is 13.1 Å². The van der Waals surface area contributed by atoms with Gasteiger partial charge in [0.05, 0.1) is 0 Å². The molecule has 0 bridgehead atoms. The van der Waals surface area contributed by atoms with Gasteiger partial charge in [-0.3, -0.25) is 0 Å². The van der Waals surface area contributed by atoms with Gasteiger partial charge >= 0.3 is 6.09 Å². The van der Waals surface area contributed by atoms with Crippen LogP contribution in [0.15, 0.2) is 30.3 Å². The van der Waals surface area contributed by atoms with Crippen molar-refractivity contribution in [3.63, 3.8) is 0 Å². The summed E-state index contributed by atoms with van der Waals surface area (Å²) in [6, 6.07) is 9.44. The van der Waals surface area contributed by atoms with Gasteiger partial charge in [0, 0.05) is 18.1 Å². The van der Waals surface area contributed by atoms with Gasteiger partial charge in [0.15, 0.2) is 0 Å². The molecule has 1 N–H and O–H groups in total. The first-order valence-electron chi connectivity index (χ1n) is 5.78. The van der Waals surface area contributed by atoms with Gasteiger partial charge in [-0.2, -0.15) is 0 Å². The van der Waals surface area contributed by atoms with Gasteiger partial charge in [-0.25, -0.2) is 4.79 Å². The molecular formula is C13H18ClNO2. The SMILES string of the molecule is CC1CCN(C(=O)O)CC1.Clc1ccccc1. The van der Waals surface area contributed by atoms with Crippen molar-refractivity contribution < 1.29 is 9.90 Å². The summed E-state index contributed by atoms with van der Waals surface area (Å²) in [5.74, 6) is 0.704. The average molecular weight is 256 g/mol. The summed E-state index contributed by atoms with van der Waals surface area (Å²) < 4.78 is 0. The first-order valence-corrected chi connectivity index (χ1v) is 6.16. The zero-order valence-corrected chi connectivity index (χ0v) is 10.7. The molecule has 0 atom stereocenters. The molecule has 1 aromatic rings. The van der Waals surface area contributed by atoms with Crippen LogP contribution < -0.4 is 0 Å². The topological polar surface area (TPSA) is 40.5 Å². The number of amides is 1. The van der Waals surface area contributed by atoms with Crippen LogP contribution in [0.3, 0.4) is 0 Å². The van der Waals surface area contributed by atoms with Gasteiger partial charge in [0.25, 0.3) is 0 Å². The number of piperidine rings is 1. The molecule has 1 amide bonds. The van der Waals surface area contributed by atoms with Crippen LogP contribution in [-0.2, 0) is 0 Å². The zero-order valence-electron chi connectivity index (χ0n) is 9.97. The second-order valence-corrected chi connectivity index (χ2v) is 4.68. The number of hydrogen-bond donors (Lipinski definition) is 1. The van der Waals surface area contributed by atoms with Gasteiger partial charge in [-0.1, -0.05) is 36.7 Å². The van der Waals surface area contributed by atoms with E-state index in [1.165, 1.54) is 4.90 Å². The minimum Gasteiger partial charge on any atom is -0.465 e. The zero-order chi connectivity index (χ0) is 12.7. The molecule has 17 heavy (non-hydrogen) atoms. The van der Waals surface area contributed by atoms with Gasteiger partial charge in [-0.05, 0) is 30.9 Å². The maximum absolute atomic E-state index is 10.4. The fourth-order valence-electron chi connectivity index (χ4n) is 1.61. The molecule has 4 heteroatoms. The molecule has 1 aliphatic heterocycles. The summed E-state index contributed by atoms with van der Waals surface area (Å²) in [6.45, 7) is 3.60. The molecule has 0 unspecified atom stereocenters. The quantitative estimate of drug-likeness (QED) is 0.767. The van der Waals surface area contributed by atoms with Gasteiger partial charge in [0.1, 0.15) is 0 Å². The number of benzene rings is 1. The molecule has 1 saturated heterocycles. The lowest BCUT2D eigenvalue weighted by Gasteiger charge is -2.27. The van der Waals surface area contributed by atoms with E-state index in [4.69, 9.17) is 16.7 Å². The smallest absolute Gasteiger partial charge is 0.407 e. The highest BCUT2D eigenvalue weighted by Crippen LogP contribution is 2.15. The van der Waals surface area contributed by atoms with Crippen molar-refractivity contribution in [3.05, 3.63) is 35.4 Å². The number of nitrogens with zero attached hydrogens (tertiary/aromatic N) is 1. The normalized spacial score (nSPS) is 16.0. The van der Waals surface area contributed by atoms with Crippen LogP contribution in [0.5, 0.6) is 0 Å². The van der Waals surface area contributed by atoms with Gasteiger partial charge < -0.3 is 10.0 Å². The van der Waals surface area contributed by atoms with Crippen molar-refractivity contribution in [1.29, 1.82) is 0 Å². The molecule has 94 valence electrons. The van der Waals surface area contributed by atoms with E-state index < -0.39 is 6.09 Å². The number of likely N-dealkylation sites (tertiary alicyclic amines) is 1. The lowest BCUT2D eigenvalue weighted by atomic mass is 10.00. The molecule has 2 rings (SSSR count). The molecule has 1 aliphatic rings. The Morgan fingerprint density at radius 1 is 1.29 bits per heavy atom. The summed E-state index contributed by atoms with van der Waals surface area (Å²) in [7, 11) is 0. The maximum atomic E-state index is 10.4. The molecule has 0 spiro atoms. The summed E-state index contributed by atoms with van der Waals surface area (Å²) >= 11 is 5.54. The van der Waals surface area contributed by atoms with Crippen LogP contribution in [-0.4, -0.2) is 29.2 Å². The predicted octanol–water partition coefficient (Wildman–Crippen LogP) is 3.74. The summed E-state index contributed by atoms with van der Waals surface area (Å²) in [5.41, 5.74) is 0. The van der Waals surface area contributed by atoms with Crippen LogP contribution >= 0.6 is 11.6 Å². The number of carboxylic acid groups (broad SMARTS) is 1. The minimum absolute atomic E-state index is 0.704. The highest BCUT2D eigenvalue weighted by atomic mass is 35.5. The van der Waals surface area contributed by atoms with E-state index >= 15 is 0 Å². The molecule has 0 aliphatic carbocycles. The molecular weight excluding hydrogens is 238 g/mol. The van der Waals surface area contributed by atoms with Crippen LogP contribution in [0.1, 0.15) is 19.8 Å². The van der Waals surface area contributed by atoms with Crippen molar-refractivity contribution in [2.24, 2.45) is 5.92 Å². The third-order valence-electron chi connectivity index (χ3n) is 2.79. The largest absolute Gasteiger partial charge is 0.465 e. The van der Waals surface area contributed by atoms with E-state index in [0.717, 1.165) is 31.0 Å². The van der Waals surface area contributed by atoms with E-state index in [2.05, 4.69) is 6.92 Å². The van der Waals surface area contributed by atoms with Crippen molar-refractivity contribution in [1.82, 2.24) is 4.90 Å². The Morgan fingerprint density at radius 2 is 1.82 bits per heavy atom. The Bertz CT molecular complexity index is 335. The van der Waals surface area contributed by atoms with Gasteiger partial charge in [-0.15, -0.1) is 0 Å². The molecule has 1 aromatic carbocycles. The van der Waals surface area contributed by atoms with E-state index in [1.807, 2.05) is 30.3 Å². The second kappa shape index (κ2) is 7.17. The monoisotopic (exact) mass is 255 g/mol. The van der Waals surface area contributed by atoms with Crippen molar-refractivity contribution in [3.8, 4) is 0 Å². The van der Waals surface area contributed by atoms with Crippen LogP contribution in [0.2, 0.25) is 5.02 Å². The molecule has 0 aromatic heterocycles. The number of carbonyl (C=O) groups is 1. The molecule has 0 saturated carbocycles. The fourth-order valence-corrected chi connectivity index (χ4v) is 1.76. The third-order valence-corrected chi connectivity index (χ3v) is 3.04. The van der Waals surface area contributed by atoms with E-state index in [0.29, 0.717) is 5.92 Å². The summed E-state index contributed by atoms with van der Waals surface area (Å²) in [5, 5.41) is 9.34. The number of halogens is 1. The first kappa shape index (κ1) is 13.8. The molecule has 3 nitrogen and oxygen atoms in total. The molecule has 1 heterocycles. The summed E-state index contributed by atoms with van der Waals surface area (Å²) in [6.07, 6.45) is 1.27. The lowest BCUT2D eigenvalue weighted by molar-refractivity contribution is 0.127. The lowest BCUT2D eigenvalue weighted by Crippen LogP contribution is -2.36. The van der Waals surface area contributed by atoms with Crippen molar-refractivity contribution >= 4 is 17.7 Å². The van der Waals surface area contributed by atoms with Crippen LogP contribution in [0, 0.1) is 5.92 Å². The Kier molecular flexibility index (Phi) is 5.84. The minimum atomic E-state index is -0.771. The summed E-state index contributed by atoms with van der Waals surface area (Å²) in [4.78, 5) is 11.9. The Hall–Kier alpha value is -1.22. The third kappa shape index (κ3) is 5.59. The standard InChI is InChI=1S/C7H13NO2.C6H5Cl/c1-6-2-4-8(5-3-6)7(9)10;7-6-4-2-1-3-5-6/h6H,2-5H2,1H3,(H,9,10);1-5H. The first-order chi connectivity index (χ1) is 8.09. The number of rotatable bonds is 0. The molecule has 1 fully saturated rings. The Labute approximate surface area is 107 Å². The fraction of sp³-hybridized carbons (Fsp3) is 0.462. The highest BCUT2D eigenvalue weighted by molar-refractivity contribution is 6.30. The van der Waals surface area contributed by atoms with E-state index in [9.17, 15) is 4.79 Å². The predicted molar refractivity (Wildman–Crippen MR) is 69.4 cm³/mol. The maximum Gasteiger partial charge on any atom is 0.407 e. The van der Waals surface area contributed by atoms with Crippen LogP contribution in [0.4, 0.5) is 4.79 Å². The Balaban J connectivity index is 0.000000181. The van der Waals surface area contributed by atoms with E-state index in [-0.39, 0.29) is 0 Å². The Morgan fingerprint density at radius 3 is 2.18 bits per heavy atom. The van der Waals surface area contributed by atoms with Crippen LogP contribution in [0.25, 0.3) is 0 Å². The van der Waals surface area contributed by atoms with Crippen molar-refractivity contribution in [2.45, 2.75) is 19.8 Å². The second-order valence-electron chi connectivity index (χ2n) is 4.25. The average Bonchev–Trinajstić information content (AvgIpc) is 2.31.